The quantitative estimate of drug-likeness (QED) is 0.768. The maximum atomic E-state index is 12.2. The van der Waals surface area contributed by atoms with Gasteiger partial charge in [0.15, 0.2) is 0 Å². The smallest absolute Gasteiger partial charge is 0.310 e. The molecule has 1 heterocycles. The molecule has 0 aromatic carbocycles. The summed E-state index contributed by atoms with van der Waals surface area (Å²) in [5.74, 6) is -0.988. The molecule has 1 amide bonds. The number of nitrogens with zero attached hydrogens (tertiary/aromatic N) is 1. The van der Waals surface area contributed by atoms with Crippen molar-refractivity contribution in [3.63, 3.8) is 0 Å². The van der Waals surface area contributed by atoms with E-state index < -0.39 is 11.4 Å². The van der Waals surface area contributed by atoms with E-state index in [2.05, 4.69) is 0 Å². The Morgan fingerprint density at radius 2 is 2.00 bits per heavy atom. The van der Waals surface area contributed by atoms with Crippen molar-refractivity contribution in [1.82, 2.24) is 4.90 Å². The number of likely N-dealkylation sites (N-methyl/N-ethyl adjacent to an activating group) is 1. The van der Waals surface area contributed by atoms with Gasteiger partial charge in [0.1, 0.15) is 0 Å². The lowest BCUT2D eigenvalue weighted by Crippen LogP contribution is -2.40. The van der Waals surface area contributed by atoms with Gasteiger partial charge in [-0.2, -0.15) is 0 Å². The maximum Gasteiger partial charge on any atom is 0.310 e. The van der Waals surface area contributed by atoms with E-state index in [0.29, 0.717) is 19.4 Å². The second kappa shape index (κ2) is 6.89. The largest absolute Gasteiger partial charge is 0.481 e. The van der Waals surface area contributed by atoms with Crippen molar-refractivity contribution < 1.29 is 19.4 Å². The summed E-state index contributed by atoms with van der Waals surface area (Å²) >= 11 is 0. The van der Waals surface area contributed by atoms with E-state index in [4.69, 9.17) is 4.74 Å². The van der Waals surface area contributed by atoms with Crippen LogP contribution in [0.4, 0.5) is 0 Å². The lowest BCUT2D eigenvalue weighted by Gasteiger charge is -2.29. The summed E-state index contributed by atoms with van der Waals surface area (Å²) in [6.07, 6.45) is 3.13. The molecule has 1 unspecified atom stereocenters. The van der Waals surface area contributed by atoms with Gasteiger partial charge >= 0.3 is 5.97 Å². The zero-order valence-corrected chi connectivity index (χ0v) is 12.1. The van der Waals surface area contributed by atoms with Crippen molar-refractivity contribution in [2.45, 2.75) is 52.1 Å². The summed E-state index contributed by atoms with van der Waals surface area (Å²) < 4.78 is 5.49. The van der Waals surface area contributed by atoms with Crippen LogP contribution in [0.5, 0.6) is 0 Å². The highest BCUT2D eigenvalue weighted by Crippen LogP contribution is 2.31. The summed E-state index contributed by atoms with van der Waals surface area (Å²) in [5, 5.41) is 9.34. The first-order valence-electron chi connectivity index (χ1n) is 7.04. The molecule has 110 valence electrons. The third kappa shape index (κ3) is 3.93. The molecule has 5 nitrogen and oxygen atoms in total. The lowest BCUT2D eigenvalue weighted by atomic mass is 9.79. The first-order chi connectivity index (χ1) is 8.95. The fourth-order valence-corrected chi connectivity index (χ4v) is 2.50. The van der Waals surface area contributed by atoms with E-state index >= 15 is 0 Å². The van der Waals surface area contributed by atoms with Gasteiger partial charge in [0.2, 0.25) is 5.91 Å². The van der Waals surface area contributed by atoms with E-state index in [9.17, 15) is 14.7 Å². The van der Waals surface area contributed by atoms with E-state index in [1.165, 1.54) is 0 Å². The van der Waals surface area contributed by atoms with Gasteiger partial charge in [-0.1, -0.05) is 13.8 Å². The zero-order chi connectivity index (χ0) is 14.5. The Kier molecular flexibility index (Phi) is 5.79. The van der Waals surface area contributed by atoms with Crippen LogP contribution in [0.2, 0.25) is 0 Å². The Morgan fingerprint density at radius 3 is 2.42 bits per heavy atom. The predicted molar refractivity (Wildman–Crippen MR) is 71.9 cm³/mol. The molecule has 0 aromatic heterocycles. The number of amides is 1. The van der Waals surface area contributed by atoms with E-state index in [-0.39, 0.29) is 18.4 Å². The maximum absolute atomic E-state index is 12.2. The summed E-state index contributed by atoms with van der Waals surface area (Å²) in [6.45, 7) is 4.97. The molecular formula is C14H25NO4. The van der Waals surface area contributed by atoms with Gasteiger partial charge in [-0.05, 0) is 25.7 Å². The van der Waals surface area contributed by atoms with Gasteiger partial charge in [0.25, 0.3) is 0 Å². The minimum absolute atomic E-state index is 0.0680. The Bertz CT molecular complexity index is 319. The number of ether oxygens (including phenoxy) is 1. The number of carbonyl (C=O) groups is 2. The number of carboxylic acids is 1. The lowest BCUT2D eigenvalue weighted by molar-refractivity contribution is -0.154. The number of aliphatic carboxylic acids is 1. The molecular weight excluding hydrogens is 246 g/mol. The summed E-state index contributed by atoms with van der Waals surface area (Å²) in [7, 11) is 1.72. The van der Waals surface area contributed by atoms with E-state index in [1.54, 1.807) is 11.9 Å². The molecule has 19 heavy (non-hydrogen) atoms. The van der Waals surface area contributed by atoms with Crippen molar-refractivity contribution in [2.75, 3.05) is 20.2 Å². The van der Waals surface area contributed by atoms with Gasteiger partial charge in [-0.25, -0.2) is 0 Å². The monoisotopic (exact) mass is 271 g/mol. The molecule has 0 saturated carbocycles. The molecule has 0 bridgehead atoms. The zero-order valence-electron chi connectivity index (χ0n) is 12.1. The van der Waals surface area contributed by atoms with Crippen LogP contribution in [-0.4, -0.2) is 48.2 Å². The van der Waals surface area contributed by atoms with Crippen LogP contribution in [0.15, 0.2) is 0 Å². The Hall–Kier alpha value is -1.10. The Labute approximate surface area is 114 Å². The minimum Gasteiger partial charge on any atom is -0.481 e. The van der Waals surface area contributed by atoms with Crippen molar-refractivity contribution >= 4 is 11.9 Å². The molecule has 1 atom stereocenters. The fraction of sp³-hybridized carbons (Fsp3) is 0.857. The number of carbonyl (C=O) groups excluding carboxylic acids is 1. The average molecular weight is 271 g/mol. The highest BCUT2D eigenvalue weighted by atomic mass is 16.5. The number of rotatable bonds is 7. The van der Waals surface area contributed by atoms with Crippen LogP contribution in [-0.2, 0) is 14.3 Å². The van der Waals surface area contributed by atoms with Gasteiger partial charge in [-0.15, -0.1) is 0 Å². The van der Waals surface area contributed by atoms with Crippen molar-refractivity contribution in [3.8, 4) is 0 Å². The summed E-state index contributed by atoms with van der Waals surface area (Å²) in [4.78, 5) is 25.2. The highest BCUT2D eigenvalue weighted by Gasteiger charge is 2.38. The summed E-state index contributed by atoms with van der Waals surface area (Å²) in [6, 6.07) is 0. The molecule has 1 N–H and O–H groups in total. The van der Waals surface area contributed by atoms with E-state index in [1.807, 2.05) is 13.8 Å². The summed E-state index contributed by atoms with van der Waals surface area (Å²) in [5.41, 5.74) is -0.929. The predicted octanol–water partition coefficient (Wildman–Crippen LogP) is 1.90. The molecule has 0 aromatic rings. The third-order valence-electron chi connectivity index (χ3n) is 4.22. The SMILES string of the molecule is CCC(CC)(CC(=O)N(C)CC1CCCO1)C(=O)O. The van der Waals surface area contributed by atoms with Gasteiger partial charge in [0.05, 0.1) is 11.5 Å². The first kappa shape index (κ1) is 16.0. The van der Waals surface area contributed by atoms with E-state index in [0.717, 1.165) is 19.4 Å². The second-order valence-electron chi connectivity index (χ2n) is 5.38. The van der Waals surface area contributed by atoms with Gasteiger partial charge in [0, 0.05) is 26.6 Å². The van der Waals surface area contributed by atoms with Gasteiger partial charge < -0.3 is 14.7 Å². The van der Waals surface area contributed by atoms with Crippen LogP contribution in [0.25, 0.3) is 0 Å². The average Bonchev–Trinajstić information content (AvgIpc) is 2.88. The molecule has 0 aliphatic carbocycles. The molecule has 0 spiro atoms. The van der Waals surface area contributed by atoms with Gasteiger partial charge in [-0.3, -0.25) is 9.59 Å². The normalized spacial score (nSPS) is 19.4. The van der Waals surface area contributed by atoms with Crippen molar-refractivity contribution in [1.29, 1.82) is 0 Å². The Balaban J connectivity index is 2.58. The number of hydrogen-bond acceptors (Lipinski definition) is 3. The standard InChI is InChI=1S/C14H25NO4/c1-4-14(5-2,13(17)18)9-12(16)15(3)10-11-7-6-8-19-11/h11H,4-10H2,1-3H3,(H,17,18). The first-order valence-corrected chi connectivity index (χ1v) is 7.04. The highest BCUT2D eigenvalue weighted by molar-refractivity contribution is 5.84. The molecule has 0 radical (unpaired) electrons. The van der Waals surface area contributed by atoms with Crippen molar-refractivity contribution in [2.24, 2.45) is 5.41 Å². The fourth-order valence-electron chi connectivity index (χ4n) is 2.50. The van der Waals surface area contributed by atoms with Crippen molar-refractivity contribution in [3.05, 3.63) is 0 Å². The van der Waals surface area contributed by atoms with Crippen LogP contribution < -0.4 is 0 Å². The Morgan fingerprint density at radius 1 is 1.37 bits per heavy atom. The van der Waals surface area contributed by atoms with Crippen LogP contribution >= 0.6 is 0 Å². The van der Waals surface area contributed by atoms with Crippen LogP contribution in [0.1, 0.15) is 46.0 Å². The molecule has 1 rings (SSSR count). The number of carboxylic acid groups (broad SMARTS) is 1. The second-order valence-corrected chi connectivity index (χ2v) is 5.38. The minimum atomic E-state index is -0.929. The third-order valence-corrected chi connectivity index (χ3v) is 4.22. The molecule has 1 saturated heterocycles. The molecule has 1 aliphatic rings. The molecule has 1 aliphatic heterocycles. The molecule has 5 heteroatoms. The van der Waals surface area contributed by atoms with Crippen LogP contribution in [0, 0.1) is 5.41 Å². The topological polar surface area (TPSA) is 66.8 Å². The molecule has 1 fully saturated rings. The number of hydrogen-bond donors (Lipinski definition) is 1. The van der Waals surface area contributed by atoms with Crippen LogP contribution in [0.3, 0.4) is 0 Å².